The van der Waals surface area contributed by atoms with Crippen molar-refractivity contribution in [1.82, 2.24) is 0 Å². The van der Waals surface area contributed by atoms with Crippen LogP contribution in [-0.2, 0) is 9.59 Å². The largest absolute Gasteiger partial charge is 0.299 e. The van der Waals surface area contributed by atoms with E-state index in [1.807, 2.05) is 6.92 Å². The topological polar surface area (TPSA) is 34.1 Å². The smallest absolute Gasteiger partial charge is 0.147 e. The van der Waals surface area contributed by atoms with Crippen LogP contribution in [0.4, 0.5) is 0 Å². The van der Waals surface area contributed by atoms with Crippen LogP contribution in [0.3, 0.4) is 0 Å². The summed E-state index contributed by atoms with van der Waals surface area (Å²) in [6.07, 6.45) is 2.66. The highest BCUT2D eigenvalue weighted by Crippen LogP contribution is 2.38. The molecule has 0 aromatic heterocycles. The van der Waals surface area contributed by atoms with E-state index in [0.29, 0.717) is 18.2 Å². The summed E-state index contributed by atoms with van der Waals surface area (Å²) in [6.45, 7) is 1.82. The minimum Gasteiger partial charge on any atom is -0.299 e. The lowest BCUT2D eigenvalue weighted by Crippen LogP contribution is -2.36. The van der Waals surface area contributed by atoms with Crippen LogP contribution in [0.25, 0.3) is 0 Å². The van der Waals surface area contributed by atoms with Gasteiger partial charge in [-0.1, -0.05) is 22.9 Å². The third-order valence-corrected chi connectivity index (χ3v) is 3.58. The van der Waals surface area contributed by atoms with Crippen LogP contribution in [-0.4, -0.2) is 16.9 Å². The van der Waals surface area contributed by atoms with E-state index in [1.165, 1.54) is 0 Å². The van der Waals surface area contributed by atoms with Crippen molar-refractivity contribution in [2.75, 3.05) is 5.33 Å². The van der Waals surface area contributed by atoms with Crippen LogP contribution >= 0.6 is 15.9 Å². The molecule has 0 spiro atoms. The lowest BCUT2D eigenvalue weighted by atomic mass is 9.82. The average molecular weight is 233 g/mol. The first-order valence-electron chi connectivity index (χ1n) is 4.30. The van der Waals surface area contributed by atoms with Crippen LogP contribution in [0, 0.1) is 5.41 Å². The molecule has 0 amide bonds. The molecular formula is C9H13BrO2. The normalized spacial score (nSPS) is 29.3. The number of Topliss-reactive ketones (excluding diaryl/α,β-unsaturated/α-hetero) is 2. The molecule has 1 aliphatic carbocycles. The highest BCUT2D eigenvalue weighted by Gasteiger charge is 2.45. The summed E-state index contributed by atoms with van der Waals surface area (Å²) in [6, 6.07) is 0. The van der Waals surface area contributed by atoms with Crippen molar-refractivity contribution in [3.63, 3.8) is 0 Å². The summed E-state index contributed by atoms with van der Waals surface area (Å²) in [7, 11) is 0. The molecule has 0 radical (unpaired) electrons. The Bertz CT molecular complexity index is 213. The summed E-state index contributed by atoms with van der Waals surface area (Å²) < 4.78 is 0. The molecule has 1 unspecified atom stereocenters. The molecule has 2 nitrogen and oxygen atoms in total. The Morgan fingerprint density at radius 1 is 1.67 bits per heavy atom. The van der Waals surface area contributed by atoms with Crippen molar-refractivity contribution < 1.29 is 9.59 Å². The van der Waals surface area contributed by atoms with Gasteiger partial charge in [0.1, 0.15) is 11.6 Å². The van der Waals surface area contributed by atoms with E-state index in [2.05, 4.69) is 15.9 Å². The number of halogens is 1. The van der Waals surface area contributed by atoms with Crippen molar-refractivity contribution >= 4 is 27.5 Å². The summed E-state index contributed by atoms with van der Waals surface area (Å²) in [4.78, 5) is 23.0. The summed E-state index contributed by atoms with van der Waals surface area (Å²) in [5.74, 6) is 0.230. The minimum atomic E-state index is -0.658. The summed E-state index contributed by atoms with van der Waals surface area (Å²) >= 11 is 3.27. The van der Waals surface area contributed by atoms with E-state index in [9.17, 15) is 9.59 Å². The number of hydrogen-bond acceptors (Lipinski definition) is 2. The van der Waals surface area contributed by atoms with Gasteiger partial charge in [0.05, 0.1) is 5.41 Å². The van der Waals surface area contributed by atoms with Crippen LogP contribution < -0.4 is 0 Å². The Balaban J connectivity index is 2.88. The fourth-order valence-corrected chi connectivity index (χ4v) is 2.68. The molecule has 1 rings (SSSR count). The Labute approximate surface area is 80.8 Å². The zero-order valence-corrected chi connectivity index (χ0v) is 8.82. The van der Waals surface area contributed by atoms with Gasteiger partial charge in [-0.2, -0.15) is 0 Å². The number of rotatable bonds is 3. The predicted molar refractivity (Wildman–Crippen MR) is 50.4 cm³/mol. The SMILES string of the molecule is CCC(=O)C1(CBr)CCCC1=O. The third kappa shape index (κ3) is 1.35. The van der Waals surface area contributed by atoms with E-state index in [1.54, 1.807) is 0 Å². The first kappa shape index (κ1) is 9.90. The van der Waals surface area contributed by atoms with Gasteiger partial charge in [-0.3, -0.25) is 9.59 Å². The molecule has 0 aromatic carbocycles. The molecule has 1 atom stereocenters. The Morgan fingerprint density at radius 2 is 2.33 bits per heavy atom. The van der Waals surface area contributed by atoms with Crippen LogP contribution in [0.2, 0.25) is 0 Å². The summed E-state index contributed by atoms with van der Waals surface area (Å²) in [5, 5.41) is 0.505. The maximum atomic E-state index is 11.5. The molecule has 0 aliphatic heterocycles. The van der Waals surface area contributed by atoms with Gasteiger partial charge in [0.2, 0.25) is 0 Å². The van der Waals surface area contributed by atoms with Crippen molar-refractivity contribution in [3.8, 4) is 0 Å². The third-order valence-electron chi connectivity index (χ3n) is 2.62. The van der Waals surface area contributed by atoms with Crippen molar-refractivity contribution in [2.45, 2.75) is 32.6 Å². The molecule has 0 saturated heterocycles. The summed E-state index contributed by atoms with van der Waals surface area (Å²) in [5.41, 5.74) is -0.658. The van der Waals surface area contributed by atoms with E-state index < -0.39 is 5.41 Å². The van der Waals surface area contributed by atoms with Gasteiger partial charge in [0.15, 0.2) is 0 Å². The Kier molecular flexibility index (Phi) is 3.04. The zero-order chi connectivity index (χ0) is 9.19. The number of alkyl halides is 1. The second-order valence-corrected chi connectivity index (χ2v) is 3.83. The van der Waals surface area contributed by atoms with Gasteiger partial charge >= 0.3 is 0 Å². The maximum Gasteiger partial charge on any atom is 0.147 e. The lowest BCUT2D eigenvalue weighted by Gasteiger charge is -2.21. The van der Waals surface area contributed by atoms with Crippen molar-refractivity contribution in [1.29, 1.82) is 0 Å². The molecule has 0 bridgehead atoms. The van der Waals surface area contributed by atoms with Crippen molar-refractivity contribution in [3.05, 3.63) is 0 Å². The number of carbonyl (C=O) groups excluding carboxylic acids is 2. The molecule has 1 saturated carbocycles. The molecule has 3 heteroatoms. The minimum absolute atomic E-state index is 0.0990. The van der Waals surface area contributed by atoms with Gasteiger partial charge < -0.3 is 0 Å². The molecule has 0 N–H and O–H groups in total. The highest BCUT2D eigenvalue weighted by molar-refractivity contribution is 9.09. The van der Waals surface area contributed by atoms with Gasteiger partial charge in [0, 0.05) is 18.2 Å². The van der Waals surface area contributed by atoms with E-state index in [4.69, 9.17) is 0 Å². The van der Waals surface area contributed by atoms with Crippen LogP contribution in [0.5, 0.6) is 0 Å². The Morgan fingerprint density at radius 3 is 2.67 bits per heavy atom. The maximum absolute atomic E-state index is 11.5. The molecule has 1 fully saturated rings. The second kappa shape index (κ2) is 3.69. The fraction of sp³-hybridized carbons (Fsp3) is 0.778. The molecule has 0 heterocycles. The van der Waals surface area contributed by atoms with E-state index in [-0.39, 0.29) is 11.6 Å². The predicted octanol–water partition coefficient (Wildman–Crippen LogP) is 2.10. The molecular weight excluding hydrogens is 220 g/mol. The lowest BCUT2D eigenvalue weighted by molar-refractivity contribution is -0.136. The molecule has 12 heavy (non-hydrogen) atoms. The van der Waals surface area contributed by atoms with Crippen LogP contribution in [0.15, 0.2) is 0 Å². The first-order chi connectivity index (χ1) is 5.67. The van der Waals surface area contributed by atoms with Gasteiger partial charge in [0.25, 0.3) is 0 Å². The number of hydrogen-bond donors (Lipinski definition) is 0. The standard InChI is InChI=1S/C9H13BrO2/c1-2-7(11)9(6-10)5-3-4-8(9)12/h2-6H2,1H3. The highest BCUT2D eigenvalue weighted by atomic mass is 79.9. The monoisotopic (exact) mass is 232 g/mol. The second-order valence-electron chi connectivity index (χ2n) is 3.27. The van der Waals surface area contributed by atoms with E-state index in [0.717, 1.165) is 12.8 Å². The van der Waals surface area contributed by atoms with Gasteiger partial charge in [-0.15, -0.1) is 0 Å². The van der Waals surface area contributed by atoms with Crippen molar-refractivity contribution in [2.24, 2.45) is 5.41 Å². The van der Waals surface area contributed by atoms with Crippen LogP contribution in [0.1, 0.15) is 32.6 Å². The number of ketones is 2. The molecule has 1 aliphatic rings. The fourth-order valence-electron chi connectivity index (χ4n) is 1.78. The average Bonchev–Trinajstić information content (AvgIpc) is 2.46. The Hall–Kier alpha value is -0.180. The molecule has 68 valence electrons. The van der Waals surface area contributed by atoms with E-state index >= 15 is 0 Å². The first-order valence-corrected chi connectivity index (χ1v) is 5.42. The zero-order valence-electron chi connectivity index (χ0n) is 7.23. The molecule has 0 aromatic rings. The van der Waals surface area contributed by atoms with Gasteiger partial charge in [-0.25, -0.2) is 0 Å². The quantitative estimate of drug-likeness (QED) is 0.552. The number of carbonyl (C=O) groups is 2. The van der Waals surface area contributed by atoms with Gasteiger partial charge in [-0.05, 0) is 12.8 Å².